The summed E-state index contributed by atoms with van der Waals surface area (Å²) < 4.78 is 11.6. The van der Waals surface area contributed by atoms with Crippen LogP contribution < -0.4 is 9.47 Å². The molecule has 0 saturated heterocycles. The van der Waals surface area contributed by atoms with Crippen LogP contribution in [0, 0.1) is 3.57 Å². The number of hydrogen-bond acceptors (Lipinski definition) is 4. The minimum Gasteiger partial charge on any atom is -0.492 e. The number of halogens is 1. The number of nitrogens with zero attached hydrogens (tertiary/aromatic N) is 1. The van der Waals surface area contributed by atoms with Crippen LogP contribution in [0.4, 0.5) is 0 Å². The fraction of sp³-hybridized carbons (Fsp3) is 0.300. The molecule has 0 atom stereocenters. The zero-order valence-electron chi connectivity index (χ0n) is 8.53. The molecular formula is C10H12INO3. The zero-order valence-corrected chi connectivity index (χ0v) is 10.7. The molecule has 82 valence electrons. The van der Waals surface area contributed by atoms with E-state index in [4.69, 9.17) is 14.7 Å². The van der Waals surface area contributed by atoms with E-state index in [0.717, 1.165) is 9.13 Å². The van der Waals surface area contributed by atoms with Gasteiger partial charge in [-0.3, -0.25) is 0 Å². The Kier molecular flexibility index (Phi) is 4.67. The number of benzene rings is 1. The van der Waals surface area contributed by atoms with Crippen molar-refractivity contribution in [1.82, 2.24) is 0 Å². The third-order valence-corrected chi connectivity index (χ3v) is 2.54. The van der Waals surface area contributed by atoms with Crippen molar-refractivity contribution in [2.24, 2.45) is 5.16 Å². The molecule has 1 aromatic carbocycles. The van der Waals surface area contributed by atoms with E-state index < -0.39 is 0 Å². The van der Waals surface area contributed by atoms with Gasteiger partial charge in [0.1, 0.15) is 0 Å². The first-order chi connectivity index (χ1) is 7.22. The summed E-state index contributed by atoms with van der Waals surface area (Å²) in [7, 11) is 1.60. The lowest BCUT2D eigenvalue weighted by atomic mass is 10.2. The van der Waals surface area contributed by atoms with Crippen molar-refractivity contribution in [3.05, 3.63) is 21.3 Å². The number of hydrogen-bond donors (Lipinski definition) is 1. The van der Waals surface area contributed by atoms with Gasteiger partial charge in [0.2, 0.25) is 0 Å². The van der Waals surface area contributed by atoms with Gasteiger partial charge in [0.05, 0.1) is 23.5 Å². The van der Waals surface area contributed by atoms with Crippen molar-refractivity contribution in [3.63, 3.8) is 0 Å². The molecule has 0 bridgehead atoms. The van der Waals surface area contributed by atoms with Crippen LogP contribution in [-0.4, -0.2) is 25.1 Å². The summed E-state index contributed by atoms with van der Waals surface area (Å²) in [6.45, 7) is 2.46. The molecule has 0 fully saturated rings. The standard InChI is InChI=1S/C10H12INO3/c1-3-15-9-5-7(6-12-13)4-8(11)10(9)14-2/h4-6,13H,3H2,1-2H3/b12-6+. The molecule has 0 unspecified atom stereocenters. The predicted molar refractivity (Wildman–Crippen MR) is 66.3 cm³/mol. The van der Waals surface area contributed by atoms with Gasteiger partial charge in [-0.2, -0.15) is 0 Å². The van der Waals surface area contributed by atoms with E-state index in [-0.39, 0.29) is 0 Å². The van der Waals surface area contributed by atoms with Crippen LogP contribution in [0.3, 0.4) is 0 Å². The number of oxime groups is 1. The minimum atomic E-state index is 0.562. The smallest absolute Gasteiger partial charge is 0.174 e. The molecule has 1 rings (SSSR count). The van der Waals surface area contributed by atoms with Gasteiger partial charge in [0, 0.05) is 5.56 Å². The predicted octanol–water partition coefficient (Wildman–Crippen LogP) is 2.51. The SMILES string of the molecule is CCOc1cc(/C=N/O)cc(I)c1OC. The van der Waals surface area contributed by atoms with Gasteiger partial charge in [-0.05, 0) is 41.6 Å². The first-order valence-electron chi connectivity index (χ1n) is 4.40. The quantitative estimate of drug-likeness (QED) is 0.401. The Morgan fingerprint density at radius 2 is 2.27 bits per heavy atom. The van der Waals surface area contributed by atoms with Crippen LogP contribution in [0.2, 0.25) is 0 Å². The Morgan fingerprint density at radius 3 is 2.80 bits per heavy atom. The van der Waals surface area contributed by atoms with Crippen molar-refractivity contribution in [1.29, 1.82) is 0 Å². The van der Waals surface area contributed by atoms with Gasteiger partial charge < -0.3 is 14.7 Å². The van der Waals surface area contributed by atoms with Crippen LogP contribution in [0.25, 0.3) is 0 Å². The van der Waals surface area contributed by atoms with E-state index >= 15 is 0 Å². The molecule has 0 spiro atoms. The molecule has 0 aromatic heterocycles. The first-order valence-corrected chi connectivity index (χ1v) is 5.48. The molecule has 0 aliphatic rings. The summed E-state index contributed by atoms with van der Waals surface area (Å²) in [6.07, 6.45) is 1.35. The van der Waals surface area contributed by atoms with Crippen LogP contribution in [0.5, 0.6) is 11.5 Å². The summed E-state index contributed by atoms with van der Waals surface area (Å²) in [6, 6.07) is 3.62. The molecule has 0 heterocycles. The lowest BCUT2D eigenvalue weighted by molar-refractivity contribution is 0.309. The summed E-state index contributed by atoms with van der Waals surface area (Å²) in [5.74, 6) is 1.36. The maximum absolute atomic E-state index is 8.45. The molecule has 0 aliphatic heterocycles. The van der Waals surface area contributed by atoms with Crippen molar-refractivity contribution >= 4 is 28.8 Å². The van der Waals surface area contributed by atoms with Gasteiger partial charge in [-0.15, -0.1) is 0 Å². The second kappa shape index (κ2) is 5.79. The number of rotatable bonds is 4. The van der Waals surface area contributed by atoms with Crippen LogP contribution in [-0.2, 0) is 0 Å². The average Bonchev–Trinajstić information content (AvgIpc) is 2.18. The first kappa shape index (κ1) is 12.1. The summed E-state index contributed by atoms with van der Waals surface area (Å²) in [5, 5.41) is 11.4. The molecule has 0 amide bonds. The summed E-state index contributed by atoms with van der Waals surface area (Å²) >= 11 is 2.14. The number of ether oxygens (including phenoxy) is 2. The molecule has 15 heavy (non-hydrogen) atoms. The molecular weight excluding hydrogens is 309 g/mol. The highest BCUT2D eigenvalue weighted by molar-refractivity contribution is 14.1. The third-order valence-electron chi connectivity index (χ3n) is 1.74. The highest BCUT2D eigenvalue weighted by Crippen LogP contribution is 2.33. The van der Waals surface area contributed by atoms with Gasteiger partial charge in [-0.25, -0.2) is 0 Å². The fourth-order valence-corrected chi connectivity index (χ4v) is 2.04. The van der Waals surface area contributed by atoms with Gasteiger partial charge in [-0.1, -0.05) is 5.16 Å². The molecule has 0 radical (unpaired) electrons. The van der Waals surface area contributed by atoms with E-state index in [0.29, 0.717) is 18.1 Å². The topological polar surface area (TPSA) is 51.0 Å². The van der Waals surface area contributed by atoms with E-state index in [2.05, 4.69) is 27.7 Å². The largest absolute Gasteiger partial charge is 0.492 e. The molecule has 5 heteroatoms. The lowest BCUT2D eigenvalue weighted by Gasteiger charge is -2.11. The molecule has 1 N–H and O–H groups in total. The van der Waals surface area contributed by atoms with E-state index in [1.54, 1.807) is 13.2 Å². The maximum atomic E-state index is 8.45. The normalized spacial score (nSPS) is 10.6. The summed E-state index contributed by atoms with van der Waals surface area (Å²) in [4.78, 5) is 0. The zero-order chi connectivity index (χ0) is 11.3. The van der Waals surface area contributed by atoms with Crippen molar-refractivity contribution in [2.45, 2.75) is 6.92 Å². The monoisotopic (exact) mass is 321 g/mol. The van der Waals surface area contributed by atoms with Gasteiger partial charge in [0.15, 0.2) is 11.5 Å². The highest BCUT2D eigenvalue weighted by atomic mass is 127. The van der Waals surface area contributed by atoms with Crippen molar-refractivity contribution in [2.75, 3.05) is 13.7 Å². The van der Waals surface area contributed by atoms with Crippen LogP contribution in [0.1, 0.15) is 12.5 Å². The Hall–Kier alpha value is -0.980. The molecule has 1 aromatic rings. The molecule has 4 nitrogen and oxygen atoms in total. The van der Waals surface area contributed by atoms with E-state index in [1.807, 2.05) is 13.0 Å². The van der Waals surface area contributed by atoms with Crippen molar-refractivity contribution in [3.8, 4) is 11.5 Å². The Balaban J connectivity index is 3.18. The van der Waals surface area contributed by atoms with Gasteiger partial charge in [0.25, 0.3) is 0 Å². The summed E-state index contributed by atoms with van der Waals surface area (Å²) in [5.41, 5.74) is 0.770. The van der Waals surface area contributed by atoms with E-state index in [1.165, 1.54) is 6.21 Å². The Labute approximate surface area is 102 Å². The second-order valence-electron chi connectivity index (χ2n) is 2.71. The van der Waals surface area contributed by atoms with Crippen LogP contribution in [0.15, 0.2) is 17.3 Å². The van der Waals surface area contributed by atoms with Gasteiger partial charge >= 0.3 is 0 Å². The molecule has 0 aliphatic carbocycles. The van der Waals surface area contributed by atoms with Crippen molar-refractivity contribution < 1.29 is 14.7 Å². The molecule has 0 saturated carbocycles. The maximum Gasteiger partial charge on any atom is 0.174 e. The Morgan fingerprint density at radius 1 is 1.53 bits per heavy atom. The third kappa shape index (κ3) is 2.98. The Bertz CT molecular complexity index is 366. The van der Waals surface area contributed by atoms with Crippen LogP contribution >= 0.6 is 22.6 Å². The van der Waals surface area contributed by atoms with E-state index in [9.17, 15) is 0 Å². The minimum absolute atomic E-state index is 0.562. The lowest BCUT2D eigenvalue weighted by Crippen LogP contribution is -1.98. The highest BCUT2D eigenvalue weighted by Gasteiger charge is 2.09. The second-order valence-corrected chi connectivity index (χ2v) is 3.87. The fourth-order valence-electron chi connectivity index (χ4n) is 1.19. The average molecular weight is 321 g/mol. The number of methoxy groups -OCH3 is 1.